The van der Waals surface area contributed by atoms with Gasteiger partial charge in [-0.3, -0.25) is 0 Å². The summed E-state index contributed by atoms with van der Waals surface area (Å²) >= 11 is 0. The molecule has 3 nitrogen and oxygen atoms in total. The first-order valence-corrected chi connectivity index (χ1v) is 5.50. The molecule has 1 unspecified atom stereocenters. The third-order valence-corrected chi connectivity index (χ3v) is 3.43. The third kappa shape index (κ3) is 4.49. The molecule has 0 aromatic carbocycles. The van der Waals surface area contributed by atoms with E-state index in [1.54, 1.807) is 7.11 Å². The Bertz CT molecular complexity index is 187. The average Bonchev–Trinajstić information content (AvgIpc) is 2.14. The van der Waals surface area contributed by atoms with Gasteiger partial charge in [-0.15, -0.1) is 0 Å². The van der Waals surface area contributed by atoms with E-state index in [1.165, 1.54) is 0 Å². The maximum absolute atomic E-state index is 9.64. The van der Waals surface area contributed by atoms with Gasteiger partial charge in [-0.2, -0.15) is 0 Å². The van der Waals surface area contributed by atoms with Crippen LogP contribution in [0.3, 0.4) is 0 Å². The molecule has 0 rings (SSSR count). The Morgan fingerprint density at radius 1 is 1.20 bits per heavy atom. The van der Waals surface area contributed by atoms with Crippen LogP contribution in [0.5, 0.6) is 0 Å². The fourth-order valence-electron chi connectivity index (χ4n) is 2.01. The van der Waals surface area contributed by atoms with Crippen molar-refractivity contribution in [1.29, 1.82) is 0 Å². The summed E-state index contributed by atoms with van der Waals surface area (Å²) in [6, 6.07) is 0. The summed E-state index contributed by atoms with van der Waals surface area (Å²) in [6.45, 7) is 10.0. The second-order valence-corrected chi connectivity index (χ2v) is 5.67. The number of hydrogen-bond donors (Lipinski definition) is 2. The number of rotatable bonds is 6. The molecule has 0 heterocycles. The fourth-order valence-corrected chi connectivity index (χ4v) is 2.01. The highest BCUT2D eigenvalue weighted by atomic mass is 16.5. The van der Waals surface area contributed by atoms with Crippen molar-refractivity contribution >= 4 is 0 Å². The predicted octanol–water partition coefficient (Wildman–Crippen LogP) is 1.82. The predicted molar refractivity (Wildman–Crippen MR) is 61.7 cm³/mol. The average molecular weight is 218 g/mol. The van der Waals surface area contributed by atoms with Crippen molar-refractivity contribution in [3.05, 3.63) is 0 Å². The maximum atomic E-state index is 9.64. The number of aliphatic hydroxyl groups is 2. The van der Waals surface area contributed by atoms with E-state index >= 15 is 0 Å². The molecule has 0 aromatic rings. The molecule has 0 saturated heterocycles. The van der Waals surface area contributed by atoms with Crippen molar-refractivity contribution in [1.82, 2.24) is 0 Å². The minimum atomic E-state index is -0.660. The molecule has 0 amide bonds. The van der Waals surface area contributed by atoms with Gasteiger partial charge >= 0.3 is 0 Å². The van der Waals surface area contributed by atoms with Crippen molar-refractivity contribution < 1.29 is 14.9 Å². The van der Waals surface area contributed by atoms with E-state index in [-0.39, 0.29) is 23.5 Å². The number of hydrogen-bond acceptors (Lipinski definition) is 3. The minimum Gasteiger partial charge on any atom is -0.394 e. The van der Waals surface area contributed by atoms with E-state index in [0.29, 0.717) is 0 Å². The van der Waals surface area contributed by atoms with Crippen LogP contribution in [0.2, 0.25) is 0 Å². The highest BCUT2D eigenvalue weighted by Crippen LogP contribution is 2.38. The summed E-state index contributed by atoms with van der Waals surface area (Å²) in [7, 11) is 1.70. The second-order valence-electron chi connectivity index (χ2n) is 5.67. The topological polar surface area (TPSA) is 49.7 Å². The van der Waals surface area contributed by atoms with Crippen molar-refractivity contribution in [2.75, 3.05) is 13.7 Å². The first kappa shape index (κ1) is 14.9. The summed E-state index contributed by atoms with van der Waals surface area (Å²) in [4.78, 5) is 0. The van der Waals surface area contributed by atoms with Crippen LogP contribution in [0, 0.1) is 11.3 Å². The first-order chi connectivity index (χ1) is 6.66. The summed E-state index contributed by atoms with van der Waals surface area (Å²) in [5.74, 6) is 0.0388. The Morgan fingerprint density at radius 3 is 2.00 bits per heavy atom. The van der Waals surface area contributed by atoms with Crippen LogP contribution in [0.1, 0.15) is 41.0 Å². The lowest BCUT2D eigenvalue weighted by molar-refractivity contribution is -0.0548. The van der Waals surface area contributed by atoms with Gasteiger partial charge in [0.25, 0.3) is 0 Å². The summed E-state index contributed by atoms with van der Waals surface area (Å²) in [6.07, 6.45) is 0.182. The Morgan fingerprint density at radius 2 is 1.67 bits per heavy atom. The van der Waals surface area contributed by atoms with Gasteiger partial charge < -0.3 is 14.9 Å². The van der Waals surface area contributed by atoms with E-state index in [0.717, 1.165) is 6.42 Å². The molecule has 0 saturated carbocycles. The lowest BCUT2D eigenvalue weighted by Gasteiger charge is -2.40. The van der Waals surface area contributed by atoms with Gasteiger partial charge in [-0.05, 0) is 31.6 Å². The van der Waals surface area contributed by atoms with Crippen LogP contribution in [0.25, 0.3) is 0 Å². The van der Waals surface area contributed by atoms with Gasteiger partial charge in [-0.25, -0.2) is 0 Å². The van der Waals surface area contributed by atoms with Gasteiger partial charge in [0.05, 0.1) is 18.3 Å². The standard InChI is InChI=1S/C12H26O3/c1-9(10(14)7-13)11(2,3)8-12(4,5)15-6/h9-10,13-14H,7-8H2,1-6H3/t9?,10-/m0/s1. The SMILES string of the molecule is COC(C)(C)CC(C)(C)C(C)[C@@H](O)CO. The van der Waals surface area contributed by atoms with Crippen molar-refractivity contribution in [3.8, 4) is 0 Å². The van der Waals surface area contributed by atoms with E-state index in [9.17, 15) is 5.11 Å². The van der Waals surface area contributed by atoms with Crippen LogP contribution in [-0.2, 0) is 4.74 Å². The molecule has 92 valence electrons. The minimum absolute atomic E-state index is 0.0388. The van der Waals surface area contributed by atoms with Crippen LogP contribution in [0.15, 0.2) is 0 Å². The first-order valence-electron chi connectivity index (χ1n) is 5.50. The number of aliphatic hydroxyl groups excluding tert-OH is 2. The van der Waals surface area contributed by atoms with E-state index in [4.69, 9.17) is 9.84 Å². The normalized spacial score (nSPS) is 17.6. The zero-order valence-corrected chi connectivity index (χ0v) is 10.9. The molecule has 0 radical (unpaired) electrons. The molecule has 0 aliphatic heterocycles. The quantitative estimate of drug-likeness (QED) is 0.715. The lowest BCUT2D eigenvalue weighted by Crippen LogP contribution is -2.40. The van der Waals surface area contributed by atoms with Gasteiger partial charge in [0.1, 0.15) is 0 Å². The molecule has 0 spiro atoms. The van der Waals surface area contributed by atoms with Gasteiger partial charge in [0, 0.05) is 7.11 Å². The summed E-state index contributed by atoms with van der Waals surface area (Å²) in [5, 5.41) is 18.6. The molecule has 0 fully saturated rings. The molecule has 15 heavy (non-hydrogen) atoms. The van der Waals surface area contributed by atoms with Crippen molar-refractivity contribution in [3.63, 3.8) is 0 Å². The Kier molecular flexibility index (Phi) is 5.24. The number of methoxy groups -OCH3 is 1. The molecule has 2 atom stereocenters. The Labute approximate surface area is 93.5 Å². The fraction of sp³-hybridized carbons (Fsp3) is 1.00. The highest BCUT2D eigenvalue weighted by molar-refractivity contribution is 4.86. The van der Waals surface area contributed by atoms with Gasteiger partial charge in [0.2, 0.25) is 0 Å². The van der Waals surface area contributed by atoms with E-state index in [2.05, 4.69) is 13.8 Å². The molecule has 0 aliphatic carbocycles. The summed E-state index contributed by atoms with van der Waals surface area (Å²) < 4.78 is 5.39. The maximum Gasteiger partial charge on any atom is 0.0801 e. The second kappa shape index (κ2) is 5.28. The molecular formula is C12H26O3. The highest BCUT2D eigenvalue weighted by Gasteiger charge is 2.36. The van der Waals surface area contributed by atoms with Crippen LogP contribution < -0.4 is 0 Å². The van der Waals surface area contributed by atoms with Gasteiger partial charge in [0.15, 0.2) is 0 Å². The molecule has 3 heteroatoms. The lowest BCUT2D eigenvalue weighted by atomic mass is 9.71. The van der Waals surface area contributed by atoms with E-state index < -0.39 is 6.10 Å². The summed E-state index contributed by atoms with van der Waals surface area (Å²) in [5.41, 5.74) is -0.269. The van der Waals surface area contributed by atoms with Crippen molar-refractivity contribution in [2.24, 2.45) is 11.3 Å². The Hall–Kier alpha value is -0.120. The van der Waals surface area contributed by atoms with Gasteiger partial charge in [-0.1, -0.05) is 20.8 Å². The van der Waals surface area contributed by atoms with Crippen LogP contribution >= 0.6 is 0 Å². The zero-order valence-electron chi connectivity index (χ0n) is 10.9. The molecule has 0 aromatic heterocycles. The molecule has 0 bridgehead atoms. The Balaban J connectivity index is 4.53. The van der Waals surface area contributed by atoms with Crippen LogP contribution in [-0.4, -0.2) is 35.6 Å². The largest absolute Gasteiger partial charge is 0.394 e. The third-order valence-electron chi connectivity index (χ3n) is 3.43. The van der Waals surface area contributed by atoms with Crippen molar-refractivity contribution in [2.45, 2.75) is 52.7 Å². The van der Waals surface area contributed by atoms with E-state index in [1.807, 2.05) is 20.8 Å². The smallest absolute Gasteiger partial charge is 0.0801 e. The monoisotopic (exact) mass is 218 g/mol. The molecule has 0 aliphatic rings. The molecular weight excluding hydrogens is 192 g/mol. The zero-order chi connectivity index (χ0) is 12.3. The molecule has 2 N–H and O–H groups in total. The van der Waals surface area contributed by atoms with Crippen LogP contribution in [0.4, 0.5) is 0 Å². The number of ether oxygens (including phenoxy) is 1.